The predicted molar refractivity (Wildman–Crippen MR) is 217 cm³/mol. The van der Waals surface area contributed by atoms with Crippen molar-refractivity contribution in [3.05, 3.63) is 144 Å². The average molecular weight is 731 g/mol. The normalized spacial score (nSPS) is 11.9. The van der Waals surface area contributed by atoms with Crippen molar-refractivity contribution in [1.29, 1.82) is 0 Å². The Bertz CT molecular complexity index is 1530. The largest absolute Gasteiger partial charge is 0.354 e. The molecule has 4 aromatic rings. The fraction of sp³-hybridized carbons (Fsp3) is 0.391. The fourth-order valence-corrected chi connectivity index (χ4v) is 6.47. The van der Waals surface area contributed by atoms with Crippen LogP contribution in [0.5, 0.6) is 0 Å². The van der Waals surface area contributed by atoms with Crippen LogP contribution in [-0.4, -0.2) is 48.8 Å². The van der Waals surface area contributed by atoms with Crippen molar-refractivity contribution in [2.45, 2.75) is 102 Å². The number of hydrogen-bond acceptors (Lipinski definition) is 4. The molecular formula is C46H58N4O4. The standard InChI is InChI=1S/C46H58N4O4/c51-43(39-29-19-13-20-30-39)49-41(35-37-25-15-11-16-26-37)45(53)47-33-23-9-7-5-3-1-2-4-6-8-10-24-34-48-46(54)42(36-38-27-17-12-18-28-38)50-44(52)40-31-21-14-22-32-40/h11-22,25-32,41-42H,1-10,23-24,33-36H2,(H,47,53)(H,48,54)(H,49,51)(H,50,52)/t41-,42-/m0/s1. The van der Waals surface area contributed by atoms with Gasteiger partial charge < -0.3 is 21.3 Å². The Morgan fingerprint density at radius 3 is 0.963 bits per heavy atom. The van der Waals surface area contributed by atoms with E-state index >= 15 is 0 Å². The lowest BCUT2D eigenvalue weighted by molar-refractivity contribution is -0.123. The summed E-state index contributed by atoms with van der Waals surface area (Å²) in [6.45, 7) is 1.21. The van der Waals surface area contributed by atoms with Gasteiger partial charge in [-0.3, -0.25) is 19.2 Å². The van der Waals surface area contributed by atoms with Gasteiger partial charge in [0.1, 0.15) is 12.1 Å². The number of nitrogens with one attached hydrogen (secondary N) is 4. The Morgan fingerprint density at radius 2 is 0.648 bits per heavy atom. The van der Waals surface area contributed by atoms with Gasteiger partial charge in [-0.15, -0.1) is 0 Å². The third kappa shape index (κ3) is 16.2. The maximum atomic E-state index is 13.1. The highest BCUT2D eigenvalue weighted by atomic mass is 16.2. The molecule has 4 rings (SSSR count). The van der Waals surface area contributed by atoms with E-state index in [9.17, 15) is 19.2 Å². The third-order valence-corrected chi connectivity index (χ3v) is 9.58. The zero-order chi connectivity index (χ0) is 38.1. The average Bonchev–Trinajstić information content (AvgIpc) is 3.21. The van der Waals surface area contributed by atoms with Gasteiger partial charge in [-0.2, -0.15) is 0 Å². The number of carbonyl (C=O) groups is 4. The van der Waals surface area contributed by atoms with Crippen LogP contribution >= 0.6 is 0 Å². The first-order valence-corrected chi connectivity index (χ1v) is 19.8. The monoisotopic (exact) mass is 730 g/mol. The Hall–Kier alpha value is -5.24. The van der Waals surface area contributed by atoms with Crippen LogP contribution in [0.3, 0.4) is 0 Å². The van der Waals surface area contributed by atoms with Crippen molar-refractivity contribution >= 4 is 23.6 Å². The maximum absolute atomic E-state index is 13.1. The zero-order valence-corrected chi connectivity index (χ0v) is 31.6. The fourth-order valence-electron chi connectivity index (χ4n) is 6.47. The summed E-state index contributed by atoms with van der Waals surface area (Å²) in [4.78, 5) is 51.7. The number of rotatable bonds is 25. The number of amides is 4. The Kier molecular flexibility index (Phi) is 19.1. The number of unbranched alkanes of at least 4 members (excludes halogenated alkanes) is 11. The van der Waals surface area contributed by atoms with E-state index in [4.69, 9.17) is 0 Å². The first-order valence-electron chi connectivity index (χ1n) is 19.8. The Morgan fingerprint density at radius 1 is 0.370 bits per heavy atom. The molecule has 4 amide bonds. The van der Waals surface area contributed by atoms with Crippen molar-refractivity contribution in [2.24, 2.45) is 0 Å². The summed E-state index contributed by atoms with van der Waals surface area (Å²) in [6.07, 6.45) is 14.5. The minimum atomic E-state index is -0.634. The number of carbonyl (C=O) groups excluding carboxylic acids is 4. The second-order valence-electron chi connectivity index (χ2n) is 14.0. The van der Waals surface area contributed by atoms with Gasteiger partial charge >= 0.3 is 0 Å². The molecule has 0 unspecified atom stereocenters. The number of benzene rings is 4. The predicted octanol–water partition coefficient (Wildman–Crippen LogP) is 7.98. The van der Waals surface area contributed by atoms with Crippen molar-refractivity contribution in [1.82, 2.24) is 21.3 Å². The van der Waals surface area contributed by atoms with E-state index in [0.29, 0.717) is 37.1 Å². The van der Waals surface area contributed by atoms with Gasteiger partial charge in [0.25, 0.3) is 11.8 Å². The van der Waals surface area contributed by atoms with Crippen LogP contribution in [0.1, 0.15) is 109 Å². The van der Waals surface area contributed by atoms with Gasteiger partial charge in [0.05, 0.1) is 0 Å². The Balaban J connectivity index is 1.00. The van der Waals surface area contributed by atoms with Gasteiger partial charge in [0.15, 0.2) is 0 Å². The van der Waals surface area contributed by atoms with Crippen LogP contribution in [-0.2, 0) is 22.4 Å². The van der Waals surface area contributed by atoms with Gasteiger partial charge in [-0.1, -0.05) is 161 Å². The summed E-state index contributed by atoms with van der Waals surface area (Å²) in [5.74, 6) is -0.788. The van der Waals surface area contributed by atoms with E-state index in [-0.39, 0.29) is 23.6 Å². The van der Waals surface area contributed by atoms with E-state index in [1.807, 2.05) is 97.1 Å². The molecule has 8 nitrogen and oxygen atoms in total. The third-order valence-electron chi connectivity index (χ3n) is 9.58. The van der Waals surface area contributed by atoms with Crippen molar-refractivity contribution in [2.75, 3.05) is 13.1 Å². The minimum Gasteiger partial charge on any atom is -0.354 e. The molecule has 0 heterocycles. The molecule has 2 atom stereocenters. The van der Waals surface area contributed by atoms with E-state index in [1.54, 1.807) is 24.3 Å². The molecule has 0 saturated heterocycles. The van der Waals surface area contributed by atoms with Crippen molar-refractivity contribution in [3.8, 4) is 0 Å². The van der Waals surface area contributed by atoms with Gasteiger partial charge in [-0.25, -0.2) is 0 Å². The number of hydrogen-bond donors (Lipinski definition) is 4. The van der Waals surface area contributed by atoms with Crippen molar-refractivity contribution < 1.29 is 19.2 Å². The summed E-state index contributed by atoms with van der Waals surface area (Å²) in [5, 5.41) is 12.0. The molecule has 4 N–H and O–H groups in total. The highest BCUT2D eigenvalue weighted by molar-refractivity contribution is 5.98. The smallest absolute Gasteiger partial charge is 0.251 e. The van der Waals surface area contributed by atoms with Gasteiger partial charge in [0.2, 0.25) is 11.8 Å². The maximum Gasteiger partial charge on any atom is 0.251 e. The van der Waals surface area contributed by atoms with Gasteiger partial charge in [-0.05, 0) is 48.2 Å². The Labute approximate surface area is 321 Å². The van der Waals surface area contributed by atoms with Crippen LogP contribution in [0.15, 0.2) is 121 Å². The summed E-state index contributed by atoms with van der Waals surface area (Å²) in [6, 6.07) is 36.3. The first-order chi connectivity index (χ1) is 26.5. The van der Waals surface area contributed by atoms with E-state index in [2.05, 4.69) is 21.3 Å². The molecule has 8 heteroatoms. The molecule has 0 aliphatic carbocycles. The van der Waals surface area contributed by atoms with Crippen LogP contribution in [0.2, 0.25) is 0 Å². The first kappa shape index (κ1) is 41.5. The summed E-state index contributed by atoms with van der Waals surface area (Å²) in [7, 11) is 0. The second kappa shape index (κ2) is 24.9. The molecular weight excluding hydrogens is 673 g/mol. The SMILES string of the molecule is O=C(N[C@@H](Cc1ccccc1)C(=O)NCCCCCCCCCCCCCCNC(=O)[C@H](Cc1ccccc1)NC(=O)c1ccccc1)c1ccccc1. The zero-order valence-electron chi connectivity index (χ0n) is 31.6. The molecule has 0 bridgehead atoms. The lowest BCUT2D eigenvalue weighted by Gasteiger charge is -2.19. The topological polar surface area (TPSA) is 116 Å². The highest BCUT2D eigenvalue weighted by Crippen LogP contribution is 2.13. The molecule has 54 heavy (non-hydrogen) atoms. The molecule has 0 spiro atoms. The summed E-state index contributed by atoms with van der Waals surface area (Å²) < 4.78 is 0. The molecule has 4 aromatic carbocycles. The lowest BCUT2D eigenvalue weighted by atomic mass is 10.0. The quantitative estimate of drug-likeness (QED) is 0.0518. The molecule has 0 aliphatic rings. The van der Waals surface area contributed by atoms with Crippen LogP contribution < -0.4 is 21.3 Å². The van der Waals surface area contributed by atoms with Gasteiger partial charge in [0, 0.05) is 37.1 Å². The van der Waals surface area contributed by atoms with Crippen LogP contribution in [0.25, 0.3) is 0 Å². The van der Waals surface area contributed by atoms with Crippen molar-refractivity contribution in [3.63, 3.8) is 0 Å². The molecule has 286 valence electrons. The molecule has 0 saturated carbocycles. The molecule has 0 aliphatic heterocycles. The van der Waals surface area contributed by atoms with E-state index < -0.39 is 12.1 Å². The molecule has 0 radical (unpaired) electrons. The van der Waals surface area contributed by atoms with E-state index in [0.717, 1.165) is 49.7 Å². The minimum absolute atomic E-state index is 0.148. The van der Waals surface area contributed by atoms with E-state index in [1.165, 1.54) is 38.5 Å². The summed E-state index contributed by atoms with van der Waals surface area (Å²) >= 11 is 0. The highest BCUT2D eigenvalue weighted by Gasteiger charge is 2.23. The van der Waals surface area contributed by atoms with Crippen LogP contribution in [0, 0.1) is 0 Å². The summed E-state index contributed by atoms with van der Waals surface area (Å²) in [5.41, 5.74) is 3.09. The second-order valence-corrected chi connectivity index (χ2v) is 14.0. The molecule has 0 fully saturated rings. The van der Waals surface area contributed by atoms with Crippen LogP contribution in [0.4, 0.5) is 0 Å². The molecule has 0 aromatic heterocycles. The lowest BCUT2D eigenvalue weighted by Crippen LogP contribution is -2.48.